The Morgan fingerprint density at radius 3 is 2.86 bits per heavy atom. The van der Waals surface area contributed by atoms with Gasteiger partial charge in [-0.3, -0.25) is 9.59 Å². The summed E-state index contributed by atoms with van der Waals surface area (Å²) in [5, 5.41) is 9.16. The zero-order valence-electron chi connectivity index (χ0n) is 12.4. The van der Waals surface area contributed by atoms with Crippen LogP contribution in [0.4, 0.5) is 0 Å². The Bertz CT molecular complexity index is 652. The molecule has 1 aromatic carbocycles. The fourth-order valence-corrected chi connectivity index (χ4v) is 3.00. The van der Waals surface area contributed by atoms with Crippen molar-refractivity contribution in [1.29, 1.82) is 5.26 Å². The van der Waals surface area contributed by atoms with E-state index in [1.54, 1.807) is 41.1 Å². The van der Waals surface area contributed by atoms with Crippen molar-refractivity contribution < 1.29 is 14.3 Å². The van der Waals surface area contributed by atoms with Crippen molar-refractivity contribution in [2.75, 3.05) is 33.4 Å². The third-order valence-corrected chi connectivity index (χ3v) is 4.31. The van der Waals surface area contributed by atoms with Crippen LogP contribution in [0.1, 0.15) is 15.9 Å². The van der Waals surface area contributed by atoms with E-state index in [0.29, 0.717) is 37.4 Å². The SMILES string of the molecule is CN1C(=O)[C@H]2COC[C@@H]1CN(C(=O)c1ccccc1C#N)C2. The van der Waals surface area contributed by atoms with Crippen molar-refractivity contribution in [2.45, 2.75) is 6.04 Å². The Morgan fingerprint density at radius 2 is 2.09 bits per heavy atom. The summed E-state index contributed by atoms with van der Waals surface area (Å²) in [6, 6.07) is 8.67. The summed E-state index contributed by atoms with van der Waals surface area (Å²) >= 11 is 0. The van der Waals surface area contributed by atoms with Gasteiger partial charge in [0.1, 0.15) is 0 Å². The van der Waals surface area contributed by atoms with Crippen LogP contribution in [0.5, 0.6) is 0 Å². The molecule has 0 aliphatic carbocycles. The normalized spacial score (nSPS) is 24.6. The van der Waals surface area contributed by atoms with Crippen LogP contribution < -0.4 is 0 Å². The standard InChI is InChI=1S/C16H17N3O3/c1-18-13-8-19(7-12(15(18)20)9-22-10-13)16(21)14-5-3-2-4-11(14)6-17/h2-5,12-13H,7-10H2,1H3/t12-,13+/m1/s1. The molecule has 114 valence electrons. The van der Waals surface area contributed by atoms with Gasteiger partial charge in [-0.05, 0) is 12.1 Å². The number of ether oxygens (including phenoxy) is 1. The minimum Gasteiger partial charge on any atom is -0.378 e. The smallest absolute Gasteiger partial charge is 0.255 e. The molecule has 2 fully saturated rings. The minimum atomic E-state index is -0.337. The molecule has 1 aromatic rings. The van der Waals surface area contributed by atoms with Crippen molar-refractivity contribution in [3.05, 3.63) is 35.4 Å². The van der Waals surface area contributed by atoms with E-state index in [0.717, 1.165) is 0 Å². The molecule has 6 nitrogen and oxygen atoms in total. The number of carbonyl (C=O) groups excluding carboxylic acids is 2. The van der Waals surface area contributed by atoms with Crippen molar-refractivity contribution in [2.24, 2.45) is 5.92 Å². The summed E-state index contributed by atoms with van der Waals surface area (Å²) in [5.41, 5.74) is 0.749. The Balaban J connectivity index is 1.91. The van der Waals surface area contributed by atoms with Gasteiger partial charge in [-0.1, -0.05) is 12.1 Å². The highest BCUT2D eigenvalue weighted by molar-refractivity contribution is 5.97. The summed E-state index contributed by atoms with van der Waals surface area (Å²) in [5.74, 6) is -0.515. The van der Waals surface area contributed by atoms with Gasteiger partial charge in [-0.25, -0.2) is 0 Å². The van der Waals surface area contributed by atoms with E-state index < -0.39 is 0 Å². The maximum absolute atomic E-state index is 12.8. The van der Waals surface area contributed by atoms with Crippen molar-refractivity contribution >= 4 is 11.8 Å². The van der Waals surface area contributed by atoms with E-state index in [1.165, 1.54) is 0 Å². The first-order valence-electron chi connectivity index (χ1n) is 7.24. The molecule has 2 aliphatic heterocycles. The average Bonchev–Trinajstić information content (AvgIpc) is 2.72. The number of amides is 2. The van der Waals surface area contributed by atoms with Gasteiger partial charge in [0, 0.05) is 20.1 Å². The monoisotopic (exact) mass is 299 g/mol. The Morgan fingerprint density at radius 1 is 1.32 bits per heavy atom. The maximum atomic E-state index is 12.8. The fourth-order valence-electron chi connectivity index (χ4n) is 3.00. The minimum absolute atomic E-state index is 0.0198. The zero-order chi connectivity index (χ0) is 15.7. The van der Waals surface area contributed by atoms with Crippen molar-refractivity contribution in [3.8, 4) is 6.07 Å². The van der Waals surface area contributed by atoms with Gasteiger partial charge in [-0.2, -0.15) is 5.26 Å². The molecule has 2 aliphatic rings. The molecule has 2 amide bonds. The second kappa shape index (κ2) is 5.78. The quantitative estimate of drug-likeness (QED) is 0.756. The van der Waals surface area contributed by atoms with Gasteiger partial charge in [0.25, 0.3) is 5.91 Å². The lowest BCUT2D eigenvalue weighted by molar-refractivity contribution is -0.133. The van der Waals surface area contributed by atoms with Crippen LogP contribution >= 0.6 is 0 Å². The third-order valence-electron chi connectivity index (χ3n) is 4.31. The Hall–Kier alpha value is -2.39. The molecule has 0 spiro atoms. The number of nitrogens with zero attached hydrogens (tertiary/aromatic N) is 3. The van der Waals surface area contributed by atoms with Gasteiger partial charge in [0.2, 0.25) is 5.91 Å². The van der Waals surface area contributed by atoms with Crippen molar-refractivity contribution in [1.82, 2.24) is 9.80 Å². The molecule has 0 saturated carbocycles. The molecule has 2 heterocycles. The molecule has 2 saturated heterocycles. The predicted octanol–water partition coefficient (Wildman–Crippen LogP) is 0.487. The average molecular weight is 299 g/mol. The molecule has 0 unspecified atom stereocenters. The molecule has 2 bridgehead atoms. The molecule has 0 radical (unpaired) electrons. The lowest BCUT2D eigenvalue weighted by Gasteiger charge is -2.29. The van der Waals surface area contributed by atoms with Gasteiger partial charge in [0.15, 0.2) is 0 Å². The summed E-state index contributed by atoms with van der Waals surface area (Å²) in [4.78, 5) is 28.4. The molecule has 6 heteroatoms. The van der Waals surface area contributed by atoms with E-state index in [2.05, 4.69) is 0 Å². The highest BCUT2D eigenvalue weighted by Crippen LogP contribution is 2.22. The summed E-state index contributed by atoms with van der Waals surface area (Å²) in [6.45, 7) is 1.53. The Labute approximate surface area is 128 Å². The summed E-state index contributed by atoms with van der Waals surface area (Å²) < 4.78 is 5.53. The van der Waals surface area contributed by atoms with Crippen LogP contribution in [0.15, 0.2) is 24.3 Å². The zero-order valence-corrected chi connectivity index (χ0v) is 12.4. The fraction of sp³-hybridized carbons (Fsp3) is 0.438. The van der Waals surface area contributed by atoms with Crippen LogP contribution in [0, 0.1) is 17.2 Å². The van der Waals surface area contributed by atoms with Crippen LogP contribution in [-0.2, 0) is 9.53 Å². The van der Waals surface area contributed by atoms with Crippen LogP contribution in [0.3, 0.4) is 0 Å². The largest absolute Gasteiger partial charge is 0.378 e. The second-order valence-electron chi connectivity index (χ2n) is 5.70. The first-order valence-corrected chi connectivity index (χ1v) is 7.24. The van der Waals surface area contributed by atoms with Crippen LogP contribution in [0.2, 0.25) is 0 Å². The molecule has 0 N–H and O–H groups in total. The molecule has 2 atom stereocenters. The molecule has 3 rings (SSSR count). The van der Waals surface area contributed by atoms with E-state index >= 15 is 0 Å². The van der Waals surface area contributed by atoms with Gasteiger partial charge in [-0.15, -0.1) is 0 Å². The number of hydrogen-bond donors (Lipinski definition) is 0. The van der Waals surface area contributed by atoms with E-state index in [9.17, 15) is 9.59 Å². The van der Waals surface area contributed by atoms with Crippen molar-refractivity contribution in [3.63, 3.8) is 0 Å². The van der Waals surface area contributed by atoms with Crippen LogP contribution in [-0.4, -0.2) is 61.0 Å². The summed E-state index contributed by atoms with van der Waals surface area (Å²) in [6.07, 6.45) is 0. The molecular formula is C16H17N3O3. The molecule has 22 heavy (non-hydrogen) atoms. The number of carbonyl (C=O) groups is 2. The predicted molar refractivity (Wildman–Crippen MR) is 77.9 cm³/mol. The maximum Gasteiger partial charge on any atom is 0.255 e. The van der Waals surface area contributed by atoms with E-state index in [4.69, 9.17) is 10.00 Å². The topological polar surface area (TPSA) is 73.6 Å². The Kier molecular flexibility index (Phi) is 3.82. The molecule has 0 aromatic heterocycles. The number of rotatable bonds is 1. The highest BCUT2D eigenvalue weighted by atomic mass is 16.5. The number of fused-ring (bicyclic) bond motifs is 3. The second-order valence-corrected chi connectivity index (χ2v) is 5.70. The lowest BCUT2D eigenvalue weighted by Crippen LogP contribution is -2.45. The van der Waals surface area contributed by atoms with E-state index in [-0.39, 0.29) is 23.8 Å². The number of benzene rings is 1. The summed E-state index contributed by atoms with van der Waals surface area (Å²) in [7, 11) is 1.76. The van der Waals surface area contributed by atoms with E-state index in [1.807, 2.05) is 6.07 Å². The highest BCUT2D eigenvalue weighted by Gasteiger charge is 2.39. The number of likely N-dealkylation sites (N-methyl/N-ethyl adjacent to an activating group) is 1. The van der Waals surface area contributed by atoms with Gasteiger partial charge >= 0.3 is 0 Å². The third kappa shape index (κ3) is 2.44. The van der Waals surface area contributed by atoms with Crippen LogP contribution in [0.25, 0.3) is 0 Å². The van der Waals surface area contributed by atoms with Gasteiger partial charge < -0.3 is 14.5 Å². The van der Waals surface area contributed by atoms with Gasteiger partial charge in [0.05, 0.1) is 42.4 Å². The first kappa shape index (κ1) is 14.5. The lowest BCUT2D eigenvalue weighted by atomic mass is 10.1. The number of hydrogen-bond acceptors (Lipinski definition) is 4. The number of nitriles is 1. The molecular weight excluding hydrogens is 282 g/mol. The first-order chi connectivity index (χ1) is 10.6.